The number of aliphatic hydroxyl groups is 1. The molecule has 3 unspecified atom stereocenters. The van der Waals surface area contributed by atoms with E-state index >= 15 is 0 Å². The van der Waals surface area contributed by atoms with Gasteiger partial charge in [-0.1, -0.05) is 0 Å². The topological polar surface area (TPSA) is 32.3 Å². The van der Waals surface area contributed by atoms with Crippen LogP contribution in [-0.4, -0.2) is 17.3 Å². The van der Waals surface area contributed by atoms with E-state index in [9.17, 15) is 13.9 Å². The summed E-state index contributed by atoms with van der Waals surface area (Å²) in [6.07, 6.45) is 0.156. The van der Waals surface area contributed by atoms with Crippen LogP contribution >= 0.6 is 0 Å². The van der Waals surface area contributed by atoms with E-state index in [1.165, 1.54) is 6.07 Å². The van der Waals surface area contributed by atoms with Crippen LogP contribution in [0.1, 0.15) is 38.8 Å². The van der Waals surface area contributed by atoms with Crippen LogP contribution in [-0.2, 0) is 0 Å². The molecule has 0 radical (unpaired) electrons. The van der Waals surface area contributed by atoms with Gasteiger partial charge < -0.3 is 10.4 Å². The second-order valence-electron chi connectivity index (χ2n) is 4.54. The van der Waals surface area contributed by atoms with Gasteiger partial charge in [0.05, 0.1) is 6.10 Å². The lowest BCUT2D eigenvalue weighted by molar-refractivity contribution is 0.168. The second kappa shape index (κ2) is 6.07. The zero-order valence-corrected chi connectivity index (χ0v) is 10.4. The van der Waals surface area contributed by atoms with Crippen molar-refractivity contribution in [3.63, 3.8) is 0 Å². The molecule has 0 saturated heterocycles. The van der Waals surface area contributed by atoms with Crippen LogP contribution in [0.2, 0.25) is 0 Å². The summed E-state index contributed by atoms with van der Waals surface area (Å²) in [5.41, 5.74) is 0.308. The molecule has 0 heterocycles. The van der Waals surface area contributed by atoms with Crippen LogP contribution in [0.5, 0.6) is 0 Å². The highest BCUT2D eigenvalue weighted by atomic mass is 19.1. The summed E-state index contributed by atoms with van der Waals surface area (Å²) >= 11 is 0. The number of rotatable bonds is 5. The van der Waals surface area contributed by atoms with Gasteiger partial charge in [0.1, 0.15) is 11.6 Å². The Hall–Kier alpha value is -1.00. The van der Waals surface area contributed by atoms with E-state index < -0.39 is 17.7 Å². The fraction of sp³-hybridized carbons (Fsp3) is 0.538. The summed E-state index contributed by atoms with van der Waals surface area (Å²) in [5, 5.41) is 12.4. The number of aliphatic hydroxyl groups excluding tert-OH is 1. The van der Waals surface area contributed by atoms with Crippen molar-refractivity contribution >= 4 is 0 Å². The van der Waals surface area contributed by atoms with E-state index in [1.807, 2.05) is 6.92 Å². The van der Waals surface area contributed by atoms with Crippen LogP contribution in [0.15, 0.2) is 18.2 Å². The highest BCUT2D eigenvalue weighted by Gasteiger charge is 2.15. The fourth-order valence-electron chi connectivity index (χ4n) is 1.94. The summed E-state index contributed by atoms with van der Waals surface area (Å²) in [6.45, 7) is 5.38. The summed E-state index contributed by atoms with van der Waals surface area (Å²) < 4.78 is 26.5. The van der Waals surface area contributed by atoms with Crippen molar-refractivity contribution in [1.82, 2.24) is 5.32 Å². The summed E-state index contributed by atoms with van der Waals surface area (Å²) in [5.74, 6) is -0.867. The zero-order chi connectivity index (χ0) is 13.0. The lowest BCUT2D eigenvalue weighted by atomic mass is 10.1. The minimum absolute atomic E-state index is 0.0349. The Bertz CT molecular complexity index is 368. The first-order valence-corrected chi connectivity index (χ1v) is 5.79. The van der Waals surface area contributed by atoms with Crippen LogP contribution in [0.4, 0.5) is 8.78 Å². The predicted octanol–water partition coefficient (Wildman–Crippen LogP) is 2.77. The third-order valence-electron chi connectivity index (χ3n) is 2.65. The zero-order valence-electron chi connectivity index (χ0n) is 10.4. The molecule has 1 rings (SSSR count). The molecule has 0 saturated carbocycles. The summed E-state index contributed by atoms with van der Waals surface area (Å²) in [6, 6.07) is 3.17. The minimum Gasteiger partial charge on any atom is -0.393 e. The lowest BCUT2D eigenvalue weighted by Crippen LogP contribution is -2.32. The Balaban J connectivity index is 2.69. The van der Waals surface area contributed by atoms with E-state index in [-0.39, 0.29) is 12.1 Å². The van der Waals surface area contributed by atoms with Crippen LogP contribution in [0.3, 0.4) is 0 Å². The maximum absolute atomic E-state index is 13.5. The molecule has 0 aromatic heterocycles. The van der Waals surface area contributed by atoms with Gasteiger partial charge in [-0.25, -0.2) is 8.78 Å². The third-order valence-corrected chi connectivity index (χ3v) is 2.65. The molecular weight excluding hydrogens is 224 g/mol. The molecule has 96 valence electrons. The molecule has 4 heteroatoms. The fourth-order valence-corrected chi connectivity index (χ4v) is 1.94. The molecule has 0 aliphatic rings. The van der Waals surface area contributed by atoms with Gasteiger partial charge in [-0.05, 0) is 45.4 Å². The highest BCUT2D eigenvalue weighted by Crippen LogP contribution is 2.19. The SMILES string of the molecule is CC(O)CC(C)NC(C)c1cc(F)ccc1F. The van der Waals surface area contributed by atoms with Crippen molar-refractivity contribution in [3.05, 3.63) is 35.4 Å². The molecule has 0 fully saturated rings. The van der Waals surface area contributed by atoms with Crippen molar-refractivity contribution in [2.24, 2.45) is 0 Å². The van der Waals surface area contributed by atoms with Crippen molar-refractivity contribution < 1.29 is 13.9 Å². The Morgan fingerprint density at radius 1 is 1.24 bits per heavy atom. The Kier molecular flexibility index (Phi) is 5.02. The summed E-state index contributed by atoms with van der Waals surface area (Å²) in [4.78, 5) is 0. The average Bonchev–Trinajstić information content (AvgIpc) is 2.20. The van der Waals surface area contributed by atoms with Crippen LogP contribution in [0.25, 0.3) is 0 Å². The molecule has 0 amide bonds. The van der Waals surface area contributed by atoms with Crippen LogP contribution < -0.4 is 5.32 Å². The average molecular weight is 243 g/mol. The molecule has 1 aromatic carbocycles. The molecule has 0 spiro atoms. The van der Waals surface area contributed by atoms with Gasteiger partial charge in [-0.2, -0.15) is 0 Å². The van der Waals surface area contributed by atoms with Gasteiger partial charge in [-0.3, -0.25) is 0 Å². The van der Waals surface area contributed by atoms with Gasteiger partial charge in [0, 0.05) is 17.6 Å². The van der Waals surface area contributed by atoms with Crippen molar-refractivity contribution in [1.29, 1.82) is 0 Å². The van der Waals surface area contributed by atoms with Crippen molar-refractivity contribution in [3.8, 4) is 0 Å². The number of nitrogens with one attached hydrogen (secondary N) is 1. The maximum Gasteiger partial charge on any atom is 0.128 e. The van der Waals surface area contributed by atoms with Gasteiger partial charge in [0.2, 0.25) is 0 Å². The van der Waals surface area contributed by atoms with Crippen molar-refractivity contribution in [2.75, 3.05) is 0 Å². The summed E-state index contributed by atoms with van der Waals surface area (Å²) in [7, 11) is 0. The molecular formula is C13H19F2NO. The second-order valence-corrected chi connectivity index (χ2v) is 4.54. The number of halogens is 2. The van der Waals surface area contributed by atoms with E-state index in [2.05, 4.69) is 5.32 Å². The Morgan fingerprint density at radius 2 is 1.88 bits per heavy atom. The van der Waals surface area contributed by atoms with E-state index in [1.54, 1.807) is 13.8 Å². The van der Waals surface area contributed by atoms with Gasteiger partial charge >= 0.3 is 0 Å². The largest absolute Gasteiger partial charge is 0.393 e. The van der Waals surface area contributed by atoms with Crippen LogP contribution in [0, 0.1) is 11.6 Å². The molecule has 1 aromatic rings. The number of hydrogen-bond acceptors (Lipinski definition) is 2. The molecule has 2 N–H and O–H groups in total. The Morgan fingerprint density at radius 3 is 2.47 bits per heavy atom. The molecule has 0 aliphatic carbocycles. The number of benzene rings is 1. The Labute approximate surface area is 101 Å². The van der Waals surface area contributed by atoms with Gasteiger partial charge in [0.25, 0.3) is 0 Å². The van der Waals surface area contributed by atoms with E-state index in [0.717, 1.165) is 12.1 Å². The first kappa shape index (κ1) is 14.1. The van der Waals surface area contributed by atoms with Crippen molar-refractivity contribution in [2.45, 2.75) is 45.4 Å². The van der Waals surface area contributed by atoms with Gasteiger partial charge in [0.15, 0.2) is 0 Å². The van der Waals surface area contributed by atoms with Gasteiger partial charge in [-0.15, -0.1) is 0 Å². The monoisotopic (exact) mass is 243 g/mol. The number of hydrogen-bond donors (Lipinski definition) is 2. The van der Waals surface area contributed by atoms with E-state index in [0.29, 0.717) is 12.0 Å². The maximum atomic E-state index is 13.5. The molecule has 0 aliphatic heterocycles. The lowest BCUT2D eigenvalue weighted by Gasteiger charge is -2.21. The molecule has 3 atom stereocenters. The smallest absolute Gasteiger partial charge is 0.128 e. The molecule has 0 bridgehead atoms. The standard InChI is InChI=1S/C13H19F2NO/c1-8(6-9(2)17)16-10(3)12-7-11(14)4-5-13(12)15/h4-5,7-10,16-17H,6H2,1-3H3. The highest BCUT2D eigenvalue weighted by molar-refractivity contribution is 5.21. The predicted molar refractivity (Wildman–Crippen MR) is 63.7 cm³/mol. The molecule has 2 nitrogen and oxygen atoms in total. The minimum atomic E-state index is -0.446. The first-order chi connectivity index (χ1) is 7.90. The normalized spacial score (nSPS) is 16.6. The third kappa shape index (κ3) is 4.40. The van der Waals surface area contributed by atoms with E-state index in [4.69, 9.17) is 0 Å². The molecule has 17 heavy (non-hydrogen) atoms. The first-order valence-electron chi connectivity index (χ1n) is 5.79. The quantitative estimate of drug-likeness (QED) is 0.833.